The number of hydrogen-bond acceptors (Lipinski definition) is 4. The summed E-state index contributed by atoms with van der Waals surface area (Å²) in [5, 5.41) is 13.1. The van der Waals surface area contributed by atoms with Gasteiger partial charge in [-0.25, -0.2) is 9.67 Å². The molecule has 0 aliphatic carbocycles. The van der Waals surface area contributed by atoms with Gasteiger partial charge in [0.25, 0.3) is 0 Å². The monoisotopic (exact) mass is 373 g/mol. The van der Waals surface area contributed by atoms with E-state index in [9.17, 15) is 8.78 Å². The lowest BCUT2D eigenvalue weighted by atomic mass is 10.3. The van der Waals surface area contributed by atoms with Crippen molar-refractivity contribution in [3.8, 4) is 17.5 Å². The van der Waals surface area contributed by atoms with E-state index in [1.165, 1.54) is 29.2 Å². The summed E-state index contributed by atoms with van der Waals surface area (Å²) in [6.07, 6.45) is 1.50. The second kappa shape index (κ2) is 7.47. The minimum atomic E-state index is -3.00. The van der Waals surface area contributed by atoms with Gasteiger partial charge in [-0.3, -0.25) is 0 Å². The van der Waals surface area contributed by atoms with Crippen LogP contribution in [0.1, 0.15) is 5.69 Å². The number of nitrogens with zero attached hydrogens (tertiary/aromatic N) is 5. The van der Waals surface area contributed by atoms with Crippen LogP contribution < -0.4 is 4.74 Å². The molecule has 0 bridgehead atoms. The van der Waals surface area contributed by atoms with Crippen LogP contribution in [0.2, 0.25) is 10.0 Å². The molecule has 0 spiro atoms. The SMILES string of the molecule is CN(C)C=Nc1cc(C#N)nn1-c1c(Cl)cc(OC(F)F)cc1Cl. The summed E-state index contributed by atoms with van der Waals surface area (Å²) in [4.78, 5) is 5.87. The molecule has 0 aliphatic heterocycles. The largest absolute Gasteiger partial charge is 0.435 e. The van der Waals surface area contributed by atoms with Crippen molar-refractivity contribution in [3.63, 3.8) is 0 Å². The summed E-state index contributed by atoms with van der Waals surface area (Å²) in [7, 11) is 3.54. The lowest BCUT2D eigenvalue weighted by Crippen LogP contribution is -2.08. The van der Waals surface area contributed by atoms with Crippen molar-refractivity contribution in [3.05, 3.63) is 33.9 Å². The van der Waals surface area contributed by atoms with Crippen molar-refractivity contribution in [2.75, 3.05) is 14.1 Å². The number of rotatable bonds is 5. The molecule has 2 rings (SSSR count). The van der Waals surface area contributed by atoms with Crippen LogP contribution in [0.4, 0.5) is 14.6 Å². The third-order valence-corrected chi connectivity index (χ3v) is 3.23. The Bertz CT molecular complexity index is 791. The number of halogens is 4. The van der Waals surface area contributed by atoms with Gasteiger partial charge in [0.2, 0.25) is 0 Å². The van der Waals surface area contributed by atoms with Crippen molar-refractivity contribution < 1.29 is 13.5 Å². The van der Waals surface area contributed by atoms with Crippen LogP contribution in [-0.2, 0) is 0 Å². The van der Waals surface area contributed by atoms with Crippen LogP contribution in [0, 0.1) is 11.3 Å². The third kappa shape index (κ3) is 4.13. The molecule has 6 nitrogen and oxygen atoms in total. The molecule has 0 fully saturated rings. The predicted molar refractivity (Wildman–Crippen MR) is 86.8 cm³/mol. The molecular weight excluding hydrogens is 363 g/mol. The fourth-order valence-corrected chi connectivity index (χ4v) is 2.40. The quantitative estimate of drug-likeness (QED) is 0.589. The lowest BCUT2D eigenvalue weighted by molar-refractivity contribution is -0.0498. The first-order chi connectivity index (χ1) is 11.3. The highest BCUT2D eigenvalue weighted by Crippen LogP contribution is 2.36. The Morgan fingerprint density at radius 2 is 1.96 bits per heavy atom. The normalized spacial score (nSPS) is 11.1. The Morgan fingerprint density at radius 1 is 1.33 bits per heavy atom. The molecule has 1 heterocycles. The molecule has 0 N–H and O–H groups in total. The molecule has 10 heteroatoms. The van der Waals surface area contributed by atoms with Gasteiger partial charge in [-0.2, -0.15) is 19.1 Å². The summed E-state index contributed by atoms with van der Waals surface area (Å²) < 4.78 is 30.2. The Morgan fingerprint density at radius 3 is 2.46 bits per heavy atom. The van der Waals surface area contributed by atoms with E-state index < -0.39 is 6.61 Å². The summed E-state index contributed by atoms with van der Waals surface area (Å²) in [6.45, 7) is -3.00. The number of hydrogen-bond donors (Lipinski definition) is 0. The number of ether oxygens (including phenoxy) is 1. The highest BCUT2D eigenvalue weighted by molar-refractivity contribution is 6.38. The average molecular weight is 374 g/mol. The zero-order chi connectivity index (χ0) is 17.9. The molecule has 0 radical (unpaired) electrons. The van der Waals surface area contributed by atoms with Crippen LogP contribution in [0.15, 0.2) is 23.2 Å². The maximum absolute atomic E-state index is 12.3. The van der Waals surface area contributed by atoms with Gasteiger partial charge in [0.05, 0.1) is 16.4 Å². The van der Waals surface area contributed by atoms with Crippen molar-refractivity contribution in [1.82, 2.24) is 14.7 Å². The molecule has 0 atom stereocenters. The van der Waals surface area contributed by atoms with E-state index in [0.29, 0.717) is 5.82 Å². The smallest absolute Gasteiger partial charge is 0.387 e. The summed E-state index contributed by atoms with van der Waals surface area (Å²) in [5.41, 5.74) is 0.299. The molecule has 1 aromatic carbocycles. The Balaban J connectivity index is 2.55. The Kier molecular flexibility index (Phi) is 5.59. The van der Waals surface area contributed by atoms with Gasteiger partial charge in [-0.05, 0) is 0 Å². The zero-order valence-corrected chi connectivity index (χ0v) is 14.1. The van der Waals surface area contributed by atoms with Crippen LogP contribution in [0.25, 0.3) is 5.69 Å². The van der Waals surface area contributed by atoms with Crippen molar-refractivity contribution in [1.29, 1.82) is 5.26 Å². The lowest BCUT2D eigenvalue weighted by Gasteiger charge is -2.12. The summed E-state index contributed by atoms with van der Waals surface area (Å²) in [6, 6.07) is 5.70. The fraction of sp³-hybridized carbons (Fsp3) is 0.214. The van der Waals surface area contributed by atoms with Gasteiger partial charge in [0, 0.05) is 32.3 Å². The van der Waals surface area contributed by atoms with Gasteiger partial charge < -0.3 is 9.64 Å². The second-order valence-electron chi connectivity index (χ2n) is 4.73. The minimum Gasteiger partial charge on any atom is -0.435 e. The molecule has 0 unspecified atom stereocenters. The predicted octanol–water partition coefficient (Wildman–Crippen LogP) is 3.87. The second-order valence-corrected chi connectivity index (χ2v) is 5.55. The van der Waals surface area contributed by atoms with Gasteiger partial charge in [0.1, 0.15) is 17.5 Å². The van der Waals surface area contributed by atoms with Gasteiger partial charge in [0.15, 0.2) is 11.5 Å². The highest BCUT2D eigenvalue weighted by Gasteiger charge is 2.18. The fourth-order valence-electron chi connectivity index (χ4n) is 1.77. The van der Waals surface area contributed by atoms with Crippen molar-refractivity contribution in [2.45, 2.75) is 6.61 Å². The van der Waals surface area contributed by atoms with Crippen LogP contribution in [0.3, 0.4) is 0 Å². The molecule has 0 saturated heterocycles. The van der Waals surface area contributed by atoms with Crippen molar-refractivity contribution >= 4 is 35.4 Å². The maximum Gasteiger partial charge on any atom is 0.387 e. The third-order valence-electron chi connectivity index (χ3n) is 2.65. The molecule has 24 heavy (non-hydrogen) atoms. The van der Waals surface area contributed by atoms with Gasteiger partial charge >= 0.3 is 6.61 Å². The summed E-state index contributed by atoms with van der Waals surface area (Å²) in [5.74, 6) is 0.112. The first kappa shape index (κ1) is 18.0. The topological polar surface area (TPSA) is 66.4 Å². The average Bonchev–Trinajstić information content (AvgIpc) is 2.86. The molecule has 126 valence electrons. The van der Waals surface area contributed by atoms with Crippen LogP contribution in [-0.4, -0.2) is 41.7 Å². The molecule has 0 aliphatic rings. The van der Waals surface area contributed by atoms with E-state index in [1.54, 1.807) is 19.0 Å². The van der Waals surface area contributed by atoms with Gasteiger partial charge in [-0.1, -0.05) is 23.2 Å². The maximum atomic E-state index is 12.3. The number of aromatic nitrogens is 2. The van der Waals surface area contributed by atoms with Gasteiger partial charge in [-0.15, -0.1) is 0 Å². The van der Waals surface area contributed by atoms with E-state index in [2.05, 4.69) is 14.8 Å². The highest BCUT2D eigenvalue weighted by atomic mass is 35.5. The number of nitriles is 1. The van der Waals surface area contributed by atoms with Crippen LogP contribution >= 0.6 is 23.2 Å². The molecule has 0 amide bonds. The van der Waals surface area contributed by atoms with Crippen LogP contribution in [0.5, 0.6) is 5.75 Å². The minimum absolute atomic E-state index is 0.0204. The number of alkyl halides is 2. The van der Waals surface area contributed by atoms with E-state index in [-0.39, 0.29) is 27.2 Å². The van der Waals surface area contributed by atoms with E-state index >= 15 is 0 Å². The summed E-state index contributed by atoms with van der Waals surface area (Å²) >= 11 is 12.2. The standard InChI is InChI=1S/C14H11Cl2F2N5O/c1-22(2)7-20-12-3-8(6-19)21-23(12)13-10(15)4-9(5-11(13)16)24-14(17)18/h3-5,7,14H,1-2H3. The van der Waals surface area contributed by atoms with E-state index in [0.717, 1.165) is 0 Å². The van der Waals surface area contributed by atoms with E-state index in [1.807, 2.05) is 6.07 Å². The number of benzene rings is 1. The molecule has 2 aromatic rings. The molecule has 0 saturated carbocycles. The first-order valence-electron chi connectivity index (χ1n) is 6.47. The molecular formula is C14H11Cl2F2N5O. The van der Waals surface area contributed by atoms with E-state index in [4.69, 9.17) is 28.5 Å². The first-order valence-corrected chi connectivity index (χ1v) is 7.22. The van der Waals surface area contributed by atoms with Crippen molar-refractivity contribution in [2.24, 2.45) is 4.99 Å². The molecule has 1 aromatic heterocycles. The Hall–Kier alpha value is -2.37. The number of aliphatic imine (C=N–C) groups is 1. The zero-order valence-electron chi connectivity index (χ0n) is 12.5. The Labute approximate surface area is 146 Å².